The Balaban J connectivity index is 1.56. The highest BCUT2D eigenvalue weighted by Gasteiger charge is 2.08. The maximum absolute atomic E-state index is 12.0. The lowest BCUT2D eigenvalue weighted by molar-refractivity contribution is 0.0953. The van der Waals surface area contributed by atoms with Gasteiger partial charge in [0, 0.05) is 23.7 Å². The third kappa shape index (κ3) is 4.02. The largest absolute Gasteiger partial charge is 0.347 e. The van der Waals surface area contributed by atoms with Crippen LogP contribution in [-0.4, -0.2) is 16.8 Å². The molecule has 7 heteroatoms. The van der Waals surface area contributed by atoms with Crippen LogP contribution >= 0.6 is 22.7 Å². The average molecular weight is 343 g/mol. The Labute approximate surface area is 141 Å². The number of rotatable bonds is 5. The summed E-state index contributed by atoms with van der Waals surface area (Å²) in [7, 11) is 0. The van der Waals surface area contributed by atoms with E-state index in [2.05, 4.69) is 15.6 Å². The van der Waals surface area contributed by atoms with Gasteiger partial charge >= 0.3 is 0 Å². The molecular formula is C16H13N3O2S2. The Kier molecular flexibility index (Phi) is 4.80. The number of thiophene rings is 1. The van der Waals surface area contributed by atoms with Crippen LogP contribution in [0.1, 0.15) is 25.6 Å². The summed E-state index contributed by atoms with van der Waals surface area (Å²) in [4.78, 5) is 28.6. The molecule has 0 aliphatic rings. The van der Waals surface area contributed by atoms with Crippen LogP contribution in [0.15, 0.2) is 53.4 Å². The normalized spacial score (nSPS) is 10.3. The predicted octanol–water partition coefficient (Wildman–Crippen LogP) is 3.39. The molecule has 0 saturated heterocycles. The number of benzene rings is 1. The quantitative estimate of drug-likeness (QED) is 0.746. The molecule has 116 valence electrons. The van der Waals surface area contributed by atoms with Crippen molar-refractivity contribution in [2.75, 3.05) is 5.32 Å². The van der Waals surface area contributed by atoms with Crippen molar-refractivity contribution in [1.29, 1.82) is 0 Å². The van der Waals surface area contributed by atoms with Gasteiger partial charge in [-0.25, -0.2) is 4.98 Å². The highest BCUT2D eigenvalue weighted by molar-refractivity contribution is 7.13. The number of nitrogens with one attached hydrogen (secondary N) is 2. The smallest absolute Gasteiger partial charge is 0.261 e. The number of anilines is 1. The van der Waals surface area contributed by atoms with Crippen molar-refractivity contribution in [3.63, 3.8) is 0 Å². The van der Waals surface area contributed by atoms with E-state index in [9.17, 15) is 9.59 Å². The van der Waals surface area contributed by atoms with Gasteiger partial charge in [0.25, 0.3) is 11.8 Å². The number of hydrogen-bond donors (Lipinski definition) is 2. The SMILES string of the molecule is O=C(Nc1nccs1)c1ccc(CNC(=O)c2cccs2)cc1. The summed E-state index contributed by atoms with van der Waals surface area (Å²) in [5.74, 6) is -0.292. The summed E-state index contributed by atoms with van der Waals surface area (Å²) in [6.45, 7) is 0.422. The van der Waals surface area contributed by atoms with Crippen LogP contribution in [0.2, 0.25) is 0 Å². The molecule has 0 fully saturated rings. The fourth-order valence-electron chi connectivity index (χ4n) is 1.91. The summed E-state index contributed by atoms with van der Waals surface area (Å²) >= 11 is 2.77. The van der Waals surface area contributed by atoms with Gasteiger partial charge in [0.05, 0.1) is 4.88 Å². The summed E-state index contributed by atoms with van der Waals surface area (Å²) in [5, 5.41) is 9.81. The van der Waals surface area contributed by atoms with E-state index in [0.29, 0.717) is 22.1 Å². The van der Waals surface area contributed by atoms with Crippen molar-refractivity contribution in [3.8, 4) is 0 Å². The molecule has 0 atom stereocenters. The average Bonchev–Trinajstić information content (AvgIpc) is 3.26. The molecule has 23 heavy (non-hydrogen) atoms. The van der Waals surface area contributed by atoms with Crippen LogP contribution < -0.4 is 10.6 Å². The Hall–Kier alpha value is -2.51. The molecule has 1 aromatic carbocycles. The Morgan fingerprint density at radius 1 is 1.00 bits per heavy atom. The van der Waals surface area contributed by atoms with E-state index in [1.165, 1.54) is 22.7 Å². The molecule has 3 aromatic rings. The van der Waals surface area contributed by atoms with Crippen LogP contribution in [-0.2, 0) is 6.54 Å². The maximum Gasteiger partial charge on any atom is 0.261 e. The minimum absolute atomic E-state index is 0.0920. The first-order chi connectivity index (χ1) is 11.2. The molecule has 0 unspecified atom stereocenters. The van der Waals surface area contributed by atoms with Crippen LogP contribution in [0.5, 0.6) is 0 Å². The van der Waals surface area contributed by atoms with Gasteiger partial charge in [-0.3, -0.25) is 14.9 Å². The predicted molar refractivity (Wildman–Crippen MR) is 92.0 cm³/mol. The number of carbonyl (C=O) groups is 2. The molecule has 2 amide bonds. The Morgan fingerprint density at radius 2 is 1.83 bits per heavy atom. The van der Waals surface area contributed by atoms with Crippen LogP contribution in [0, 0.1) is 0 Å². The molecule has 3 rings (SSSR count). The second kappa shape index (κ2) is 7.17. The van der Waals surface area contributed by atoms with E-state index < -0.39 is 0 Å². The minimum atomic E-state index is -0.200. The molecule has 0 aliphatic heterocycles. The topological polar surface area (TPSA) is 71.1 Å². The second-order valence-corrected chi connectivity index (χ2v) is 6.49. The fraction of sp³-hybridized carbons (Fsp3) is 0.0625. The summed E-state index contributed by atoms with van der Waals surface area (Å²) in [6.07, 6.45) is 1.64. The summed E-state index contributed by atoms with van der Waals surface area (Å²) < 4.78 is 0. The van der Waals surface area contributed by atoms with Gasteiger partial charge in [-0.1, -0.05) is 18.2 Å². The van der Waals surface area contributed by atoms with E-state index in [-0.39, 0.29) is 11.8 Å². The van der Waals surface area contributed by atoms with Gasteiger partial charge in [0.2, 0.25) is 0 Å². The van der Waals surface area contributed by atoms with Crippen LogP contribution in [0.25, 0.3) is 0 Å². The molecule has 5 nitrogen and oxygen atoms in total. The first-order valence-corrected chi connectivity index (χ1v) is 8.60. The minimum Gasteiger partial charge on any atom is -0.347 e. The third-order valence-electron chi connectivity index (χ3n) is 3.07. The Bertz CT molecular complexity index is 781. The van der Waals surface area contributed by atoms with E-state index in [1.54, 1.807) is 29.8 Å². The van der Waals surface area contributed by atoms with Crippen molar-refractivity contribution in [2.45, 2.75) is 6.54 Å². The molecular weight excluding hydrogens is 330 g/mol. The van der Waals surface area contributed by atoms with Crippen molar-refractivity contribution < 1.29 is 9.59 Å². The van der Waals surface area contributed by atoms with Crippen molar-refractivity contribution >= 4 is 39.6 Å². The van der Waals surface area contributed by atoms with E-state index in [4.69, 9.17) is 0 Å². The van der Waals surface area contributed by atoms with Crippen molar-refractivity contribution in [1.82, 2.24) is 10.3 Å². The van der Waals surface area contributed by atoms with Gasteiger partial charge in [-0.05, 0) is 29.1 Å². The molecule has 2 aromatic heterocycles. The van der Waals surface area contributed by atoms with Crippen molar-refractivity contribution in [3.05, 3.63) is 69.4 Å². The van der Waals surface area contributed by atoms with Crippen LogP contribution in [0.4, 0.5) is 5.13 Å². The lowest BCUT2D eigenvalue weighted by atomic mass is 10.1. The van der Waals surface area contributed by atoms with E-state index in [1.807, 2.05) is 23.6 Å². The number of aromatic nitrogens is 1. The first-order valence-electron chi connectivity index (χ1n) is 6.84. The van der Waals surface area contributed by atoms with Gasteiger partial charge in [-0.15, -0.1) is 22.7 Å². The zero-order valence-electron chi connectivity index (χ0n) is 12.0. The lowest BCUT2D eigenvalue weighted by Crippen LogP contribution is -2.21. The van der Waals surface area contributed by atoms with Gasteiger partial charge in [0.15, 0.2) is 5.13 Å². The number of thiazole rings is 1. The highest BCUT2D eigenvalue weighted by atomic mass is 32.1. The van der Waals surface area contributed by atoms with Gasteiger partial charge in [-0.2, -0.15) is 0 Å². The third-order valence-corrected chi connectivity index (χ3v) is 4.62. The van der Waals surface area contributed by atoms with Gasteiger partial charge < -0.3 is 5.32 Å². The molecule has 2 heterocycles. The Morgan fingerprint density at radius 3 is 2.48 bits per heavy atom. The lowest BCUT2D eigenvalue weighted by Gasteiger charge is -2.06. The zero-order chi connectivity index (χ0) is 16.1. The summed E-state index contributed by atoms with van der Waals surface area (Å²) in [5.41, 5.74) is 1.48. The molecule has 0 radical (unpaired) electrons. The number of hydrogen-bond acceptors (Lipinski definition) is 5. The van der Waals surface area contributed by atoms with E-state index in [0.717, 1.165) is 5.56 Å². The monoisotopic (exact) mass is 343 g/mol. The number of carbonyl (C=O) groups excluding carboxylic acids is 2. The second-order valence-electron chi connectivity index (χ2n) is 4.65. The molecule has 0 saturated carbocycles. The standard InChI is InChI=1S/C16H13N3O2S2/c20-14(19-16-17-7-9-23-16)12-5-3-11(4-6-12)10-18-15(21)13-2-1-8-22-13/h1-9H,10H2,(H,18,21)(H,17,19,20). The molecule has 0 aliphatic carbocycles. The molecule has 2 N–H and O–H groups in total. The number of amides is 2. The fourth-order valence-corrected chi connectivity index (χ4v) is 3.07. The van der Waals surface area contributed by atoms with Gasteiger partial charge in [0.1, 0.15) is 0 Å². The van der Waals surface area contributed by atoms with E-state index >= 15 is 0 Å². The first kappa shape index (κ1) is 15.4. The zero-order valence-corrected chi connectivity index (χ0v) is 13.6. The molecule has 0 spiro atoms. The summed E-state index contributed by atoms with van der Waals surface area (Å²) in [6, 6.07) is 10.7. The van der Waals surface area contributed by atoms with Crippen molar-refractivity contribution in [2.24, 2.45) is 0 Å². The maximum atomic E-state index is 12.0. The number of nitrogens with zero attached hydrogens (tertiary/aromatic N) is 1. The molecule has 0 bridgehead atoms. The van der Waals surface area contributed by atoms with Crippen LogP contribution in [0.3, 0.4) is 0 Å². The highest BCUT2D eigenvalue weighted by Crippen LogP contribution is 2.13.